The number of unbranched alkanes of at least 4 members (excludes halogenated alkanes) is 12. The third-order valence-electron chi connectivity index (χ3n) is 12.9. The molecule has 0 aliphatic carbocycles. The van der Waals surface area contributed by atoms with Gasteiger partial charge in [-0.15, -0.1) is 0 Å². The summed E-state index contributed by atoms with van der Waals surface area (Å²) in [6.45, 7) is 5.58. The van der Waals surface area contributed by atoms with Gasteiger partial charge in [-0.05, 0) is 128 Å². The van der Waals surface area contributed by atoms with Gasteiger partial charge in [-0.1, -0.05) is 212 Å². The van der Waals surface area contributed by atoms with Crippen molar-refractivity contribution in [1.82, 2.24) is 0 Å². The summed E-state index contributed by atoms with van der Waals surface area (Å²) < 4.78 is 28.4. The number of aliphatic hydroxyl groups is 2. The third kappa shape index (κ3) is 44.9. The maximum atomic E-state index is 13.2. The molecular weight excluding hydrogens is 1020 g/mol. The fraction of sp³-hybridized carbons (Fsp3) is 0.594. The van der Waals surface area contributed by atoms with Gasteiger partial charge in [0.05, 0.1) is 6.61 Å². The fourth-order valence-electron chi connectivity index (χ4n) is 8.29. The molecule has 454 valence electrons. The number of allylic oxidation sites excluding steroid dienone is 24. The van der Waals surface area contributed by atoms with Gasteiger partial charge >= 0.3 is 23.9 Å². The van der Waals surface area contributed by atoms with Crippen molar-refractivity contribution in [2.75, 3.05) is 13.2 Å². The van der Waals surface area contributed by atoms with Gasteiger partial charge < -0.3 is 39.0 Å². The smallest absolute Gasteiger partial charge is 0.335 e. The van der Waals surface area contributed by atoms with Gasteiger partial charge in [-0.2, -0.15) is 0 Å². The third-order valence-corrected chi connectivity index (χ3v) is 12.9. The van der Waals surface area contributed by atoms with Crippen LogP contribution in [0, 0.1) is 0 Å². The van der Waals surface area contributed by atoms with Crippen LogP contribution in [0.15, 0.2) is 146 Å². The Morgan fingerprint density at radius 1 is 0.407 bits per heavy atom. The Bertz CT molecular complexity index is 1960. The molecule has 0 bridgehead atoms. The standard InChI is InChI=1S/C69H106O12/c1-4-7-10-13-16-19-22-25-28-30-31-33-36-39-42-45-48-51-54-57-63(72)80-67-65(74)64(73)66(68(75)76)81-69(67)78-59-60(79-62(71)56-53-50-47-44-41-38-34-27-24-21-18-15-12-9-6-3)58-77-61(70)55-52-49-46-43-40-37-35-32-29-26-23-20-17-14-11-8-5-2/h7-12,16-21,25-29,31,33-35,37,43,46,60,64-67,69,73-74H,4-6,13-15,22-24,30,32,36,38-42,44-45,47-59H2,1-3H3,(H,75,76)/b10-7-,11-8-,12-9-,19-16-,20-17-,21-18-,28-25-,29-26-,33-31-,34-27-,37-35-,46-43-. The van der Waals surface area contributed by atoms with Crippen molar-refractivity contribution in [2.45, 2.75) is 250 Å². The van der Waals surface area contributed by atoms with E-state index in [1.54, 1.807) is 0 Å². The van der Waals surface area contributed by atoms with Crippen LogP contribution in [0.1, 0.15) is 213 Å². The van der Waals surface area contributed by atoms with Crippen molar-refractivity contribution in [3.63, 3.8) is 0 Å². The molecule has 6 atom stereocenters. The molecule has 12 nitrogen and oxygen atoms in total. The molecule has 0 radical (unpaired) electrons. The summed E-state index contributed by atoms with van der Waals surface area (Å²) in [5.74, 6) is -3.26. The summed E-state index contributed by atoms with van der Waals surface area (Å²) in [4.78, 5) is 51.2. The molecule has 1 saturated heterocycles. The van der Waals surface area contributed by atoms with E-state index in [-0.39, 0.29) is 25.9 Å². The van der Waals surface area contributed by atoms with Crippen LogP contribution in [-0.2, 0) is 42.9 Å². The number of hydrogen-bond donors (Lipinski definition) is 3. The first-order valence-electron chi connectivity index (χ1n) is 30.8. The van der Waals surface area contributed by atoms with Gasteiger partial charge in [0.15, 0.2) is 24.6 Å². The zero-order chi connectivity index (χ0) is 58.9. The highest BCUT2D eigenvalue weighted by Crippen LogP contribution is 2.26. The number of carbonyl (C=O) groups excluding carboxylic acids is 3. The lowest BCUT2D eigenvalue weighted by atomic mass is 9.98. The SMILES string of the molecule is CC/C=C\C/C=C\C/C=C\C/C=C\C/C=C\CCCC(=O)OCC(COC1OC(C(=O)O)C(O)C(O)C1OC(=O)CCCCCCCC/C=C\C/C=C\C/C=C\C/C=C\CC)OC(=O)CCCCCCC/C=C\C/C=C\C/C=C\CC. The predicted octanol–water partition coefficient (Wildman–Crippen LogP) is 16.3. The van der Waals surface area contributed by atoms with Gasteiger partial charge in [0, 0.05) is 19.3 Å². The van der Waals surface area contributed by atoms with Crippen LogP contribution in [0.25, 0.3) is 0 Å². The van der Waals surface area contributed by atoms with Crippen molar-refractivity contribution in [3.05, 3.63) is 146 Å². The van der Waals surface area contributed by atoms with E-state index in [0.717, 1.165) is 148 Å². The summed E-state index contributed by atoms with van der Waals surface area (Å²) in [5.41, 5.74) is 0. The van der Waals surface area contributed by atoms with Gasteiger partial charge in [0.2, 0.25) is 0 Å². The first kappa shape index (κ1) is 73.6. The molecular formula is C69H106O12. The Balaban J connectivity index is 2.74. The molecule has 1 rings (SSSR count). The molecule has 1 fully saturated rings. The van der Waals surface area contributed by atoms with Crippen LogP contribution in [0.3, 0.4) is 0 Å². The summed E-state index contributed by atoms with van der Waals surface area (Å²) >= 11 is 0. The number of aliphatic hydroxyl groups excluding tert-OH is 2. The lowest BCUT2D eigenvalue weighted by Crippen LogP contribution is -2.61. The fourth-order valence-corrected chi connectivity index (χ4v) is 8.29. The number of rotatable bonds is 50. The molecule has 6 unspecified atom stereocenters. The molecule has 1 aliphatic heterocycles. The van der Waals surface area contributed by atoms with Crippen LogP contribution in [-0.4, -0.2) is 89.2 Å². The Morgan fingerprint density at radius 2 is 0.753 bits per heavy atom. The molecule has 0 spiro atoms. The highest BCUT2D eigenvalue weighted by atomic mass is 16.7. The van der Waals surface area contributed by atoms with Crippen molar-refractivity contribution >= 4 is 23.9 Å². The normalized spacial score (nSPS) is 18.8. The average Bonchev–Trinajstić information content (AvgIpc) is 3.53. The summed E-state index contributed by atoms with van der Waals surface area (Å²) in [5, 5.41) is 31.6. The molecule has 0 aromatic carbocycles. The van der Waals surface area contributed by atoms with Crippen LogP contribution in [0.2, 0.25) is 0 Å². The Hall–Kier alpha value is -5.40. The van der Waals surface area contributed by atoms with E-state index in [0.29, 0.717) is 25.7 Å². The monoisotopic (exact) mass is 1130 g/mol. The van der Waals surface area contributed by atoms with Crippen LogP contribution in [0.5, 0.6) is 0 Å². The summed E-state index contributed by atoms with van der Waals surface area (Å²) in [6, 6.07) is 0. The first-order valence-corrected chi connectivity index (χ1v) is 30.8. The zero-order valence-electron chi connectivity index (χ0n) is 50.0. The molecule has 3 N–H and O–H groups in total. The second-order valence-corrected chi connectivity index (χ2v) is 20.2. The number of esters is 3. The van der Waals surface area contributed by atoms with Crippen LogP contribution in [0.4, 0.5) is 0 Å². The van der Waals surface area contributed by atoms with E-state index in [1.807, 2.05) is 6.08 Å². The maximum Gasteiger partial charge on any atom is 0.335 e. The number of carbonyl (C=O) groups is 4. The van der Waals surface area contributed by atoms with Crippen LogP contribution >= 0.6 is 0 Å². The zero-order valence-corrected chi connectivity index (χ0v) is 50.0. The predicted molar refractivity (Wildman–Crippen MR) is 330 cm³/mol. The van der Waals surface area contributed by atoms with E-state index in [1.165, 1.54) is 0 Å². The molecule has 12 heteroatoms. The highest BCUT2D eigenvalue weighted by Gasteiger charge is 2.50. The minimum atomic E-state index is -1.93. The molecule has 0 aromatic heterocycles. The Labute approximate surface area is 489 Å². The van der Waals surface area contributed by atoms with Gasteiger partial charge in [0.1, 0.15) is 18.8 Å². The van der Waals surface area contributed by atoms with Crippen molar-refractivity contribution in [3.8, 4) is 0 Å². The molecule has 81 heavy (non-hydrogen) atoms. The quantitative estimate of drug-likeness (QED) is 0.0228. The minimum absolute atomic E-state index is 0.0279. The van der Waals surface area contributed by atoms with Gasteiger partial charge in [-0.25, -0.2) is 4.79 Å². The number of carboxylic acids is 1. The lowest BCUT2D eigenvalue weighted by Gasteiger charge is -2.40. The minimum Gasteiger partial charge on any atom is -0.479 e. The molecule has 0 saturated carbocycles. The second kappa shape index (κ2) is 55.2. The largest absolute Gasteiger partial charge is 0.479 e. The summed E-state index contributed by atoms with van der Waals surface area (Å²) in [7, 11) is 0. The van der Waals surface area contributed by atoms with Gasteiger partial charge in [-0.3, -0.25) is 14.4 Å². The van der Waals surface area contributed by atoms with E-state index in [2.05, 4.69) is 161 Å². The number of aliphatic carboxylic acids is 1. The van der Waals surface area contributed by atoms with Crippen molar-refractivity contribution in [2.24, 2.45) is 0 Å². The molecule has 1 aliphatic rings. The highest BCUT2D eigenvalue weighted by molar-refractivity contribution is 5.74. The summed E-state index contributed by atoms with van der Waals surface area (Å²) in [6.07, 6.45) is 66.7. The maximum absolute atomic E-state index is 13.2. The van der Waals surface area contributed by atoms with E-state index in [9.17, 15) is 34.5 Å². The number of hydrogen-bond acceptors (Lipinski definition) is 11. The molecule has 0 amide bonds. The van der Waals surface area contributed by atoms with Crippen LogP contribution < -0.4 is 0 Å². The molecule has 1 heterocycles. The Kier molecular flexibility index (Phi) is 50.1. The topological polar surface area (TPSA) is 175 Å². The van der Waals surface area contributed by atoms with Crippen molar-refractivity contribution < 1.29 is 58.2 Å². The van der Waals surface area contributed by atoms with E-state index < -0.39 is 67.3 Å². The average molecular weight is 1130 g/mol. The van der Waals surface area contributed by atoms with E-state index >= 15 is 0 Å². The van der Waals surface area contributed by atoms with Crippen molar-refractivity contribution in [1.29, 1.82) is 0 Å². The molecule has 0 aromatic rings. The first-order chi connectivity index (χ1) is 39.6. The van der Waals surface area contributed by atoms with E-state index in [4.69, 9.17) is 23.7 Å². The second-order valence-electron chi connectivity index (χ2n) is 20.2. The number of ether oxygens (including phenoxy) is 5. The number of carboxylic acid groups (broad SMARTS) is 1. The van der Waals surface area contributed by atoms with Gasteiger partial charge in [0.25, 0.3) is 0 Å². The Morgan fingerprint density at radius 3 is 1.16 bits per heavy atom. The lowest BCUT2D eigenvalue weighted by molar-refractivity contribution is -0.301.